The van der Waals surface area contributed by atoms with Gasteiger partial charge in [0.25, 0.3) is 5.91 Å². The summed E-state index contributed by atoms with van der Waals surface area (Å²) in [7, 11) is 1.70. The van der Waals surface area contributed by atoms with Crippen molar-refractivity contribution in [1.82, 2.24) is 9.80 Å². The largest absolute Gasteiger partial charge is 0.493 e. The van der Waals surface area contributed by atoms with Gasteiger partial charge in [-0.05, 0) is 55.3 Å². The van der Waals surface area contributed by atoms with E-state index in [-0.39, 0.29) is 30.1 Å². The second kappa shape index (κ2) is 7.74. The van der Waals surface area contributed by atoms with Crippen LogP contribution < -0.4 is 9.47 Å². The van der Waals surface area contributed by atoms with Crippen molar-refractivity contribution in [3.05, 3.63) is 59.2 Å². The van der Waals surface area contributed by atoms with Crippen LogP contribution in [0.2, 0.25) is 0 Å². The van der Waals surface area contributed by atoms with Crippen molar-refractivity contribution in [1.29, 1.82) is 0 Å². The Morgan fingerprint density at radius 1 is 1.11 bits per heavy atom. The predicted octanol–water partition coefficient (Wildman–Crippen LogP) is 3.87. The van der Waals surface area contributed by atoms with E-state index in [1.54, 1.807) is 7.11 Å². The van der Waals surface area contributed by atoms with E-state index >= 15 is 0 Å². The topological polar surface area (TPSA) is 60.5 Å². The third-order valence-corrected chi connectivity index (χ3v) is 10.6. The number of carbonyl (C=O) groups excluding carboxylic acids is 1. The van der Waals surface area contributed by atoms with Gasteiger partial charge in [0.15, 0.2) is 24.0 Å². The maximum Gasteiger partial charge on any atom is 0.254 e. The van der Waals surface area contributed by atoms with E-state index in [2.05, 4.69) is 36.9 Å². The third kappa shape index (κ3) is 2.59. The monoisotopic (exact) mass is 516 g/mol. The molecule has 2 aliphatic carbocycles. The van der Waals surface area contributed by atoms with Gasteiger partial charge < -0.3 is 23.8 Å². The fourth-order valence-corrected chi connectivity index (χ4v) is 9.52. The molecule has 7 nitrogen and oxygen atoms in total. The lowest BCUT2D eigenvalue weighted by Gasteiger charge is -2.67. The molecule has 4 fully saturated rings. The molecule has 38 heavy (non-hydrogen) atoms. The van der Waals surface area contributed by atoms with Crippen molar-refractivity contribution in [3.8, 4) is 11.5 Å². The fraction of sp³-hybridized carbons (Fsp3) is 0.581. The van der Waals surface area contributed by atoms with Crippen LogP contribution in [0.25, 0.3) is 0 Å². The Balaban J connectivity index is 1.36. The van der Waals surface area contributed by atoms with Crippen LogP contribution in [0.5, 0.6) is 11.5 Å². The standard InChI is InChI=1S/C31H36N2O5/c1-19(2)16-32-14-13-29-24-21-9-10-22(35-3)25(24)36-18-37-31-12-11-30(29,23(32)15-21)38-26(27(29)31)28(34)33(31)17-20-7-5-4-6-8-20/h4-10,19,23,26-27H,11-18H2,1-3H3/t23?,26-,27?,29?,30?,31?/m0/s1. The van der Waals surface area contributed by atoms with Crippen LogP contribution in [-0.4, -0.2) is 66.2 Å². The Morgan fingerprint density at radius 2 is 1.95 bits per heavy atom. The average Bonchev–Trinajstić information content (AvgIpc) is 3.28. The number of likely N-dealkylation sites (tertiary alicyclic amines) is 2. The summed E-state index contributed by atoms with van der Waals surface area (Å²) >= 11 is 0. The molecule has 0 radical (unpaired) electrons. The molecule has 1 saturated carbocycles. The van der Waals surface area contributed by atoms with Gasteiger partial charge in [0.05, 0.1) is 18.6 Å². The van der Waals surface area contributed by atoms with Gasteiger partial charge in [-0.25, -0.2) is 0 Å². The summed E-state index contributed by atoms with van der Waals surface area (Å²) < 4.78 is 26.4. The highest BCUT2D eigenvalue weighted by Crippen LogP contribution is 2.74. The average molecular weight is 517 g/mol. The lowest BCUT2D eigenvalue weighted by atomic mass is 9.45. The minimum Gasteiger partial charge on any atom is -0.493 e. The zero-order valence-electron chi connectivity index (χ0n) is 22.4. The van der Waals surface area contributed by atoms with E-state index in [0.29, 0.717) is 12.5 Å². The number of nitrogens with zero attached hydrogens (tertiary/aromatic N) is 2. The molecule has 200 valence electrons. The number of methoxy groups -OCH3 is 1. The van der Waals surface area contributed by atoms with Gasteiger partial charge in [-0.1, -0.05) is 50.2 Å². The summed E-state index contributed by atoms with van der Waals surface area (Å²) in [5.41, 5.74) is 2.08. The number of benzene rings is 2. The lowest BCUT2D eigenvalue weighted by Crippen LogP contribution is -2.77. The van der Waals surface area contributed by atoms with Gasteiger partial charge in [-0.15, -0.1) is 0 Å². The zero-order chi connectivity index (χ0) is 25.9. The highest BCUT2D eigenvalue weighted by atomic mass is 16.7. The summed E-state index contributed by atoms with van der Waals surface area (Å²) in [5, 5.41) is 0. The van der Waals surface area contributed by atoms with E-state index in [0.717, 1.165) is 55.8 Å². The molecule has 0 aromatic heterocycles. The second-order valence-electron chi connectivity index (χ2n) is 12.5. The van der Waals surface area contributed by atoms with E-state index in [1.165, 1.54) is 11.1 Å². The Hall–Kier alpha value is -2.61. The van der Waals surface area contributed by atoms with Gasteiger partial charge in [0, 0.05) is 30.1 Å². The molecule has 4 heterocycles. The molecule has 2 aromatic carbocycles. The fourth-order valence-electron chi connectivity index (χ4n) is 9.52. The smallest absolute Gasteiger partial charge is 0.254 e. The van der Waals surface area contributed by atoms with Crippen molar-refractivity contribution in [2.24, 2.45) is 11.8 Å². The highest BCUT2D eigenvalue weighted by molar-refractivity contribution is 5.87. The molecular weight excluding hydrogens is 480 g/mol. The maximum atomic E-state index is 14.3. The van der Waals surface area contributed by atoms with Crippen LogP contribution >= 0.6 is 0 Å². The minimum atomic E-state index is -0.752. The number of carbonyl (C=O) groups is 1. The van der Waals surface area contributed by atoms with Crippen molar-refractivity contribution < 1.29 is 23.7 Å². The predicted molar refractivity (Wildman–Crippen MR) is 140 cm³/mol. The van der Waals surface area contributed by atoms with Gasteiger partial charge in [0.1, 0.15) is 6.10 Å². The van der Waals surface area contributed by atoms with Gasteiger partial charge in [-0.3, -0.25) is 9.69 Å². The van der Waals surface area contributed by atoms with Gasteiger partial charge in [0.2, 0.25) is 0 Å². The van der Waals surface area contributed by atoms with Crippen LogP contribution in [0.3, 0.4) is 0 Å². The molecule has 5 bridgehead atoms. The van der Waals surface area contributed by atoms with Crippen LogP contribution in [0, 0.1) is 11.8 Å². The first-order valence-electron chi connectivity index (χ1n) is 14.2. The van der Waals surface area contributed by atoms with E-state index in [1.807, 2.05) is 29.2 Å². The van der Waals surface area contributed by atoms with E-state index in [4.69, 9.17) is 18.9 Å². The van der Waals surface area contributed by atoms with Crippen LogP contribution in [0.15, 0.2) is 42.5 Å². The number of rotatable bonds is 5. The normalized spacial score (nSPS) is 38.2. The van der Waals surface area contributed by atoms with Crippen molar-refractivity contribution in [3.63, 3.8) is 0 Å². The summed E-state index contributed by atoms with van der Waals surface area (Å²) in [5.74, 6) is 2.07. The van der Waals surface area contributed by atoms with Crippen molar-refractivity contribution in [2.75, 3.05) is 27.0 Å². The van der Waals surface area contributed by atoms with E-state index in [9.17, 15) is 4.79 Å². The van der Waals surface area contributed by atoms with Crippen LogP contribution in [0.1, 0.15) is 49.8 Å². The molecule has 0 N–H and O–H groups in total. The quantitative estimate of drug-likeness (QED) is 0.602. The SMILES string of the molecule is COc1ccc2c3c1OCOC14CCC56O[C@H](C(=O)N1Cc1ccccc1)C4C35CCN(CC(C)C)C6C2. The Kier molecular flexibility index (Phi) is 4.74. The first-order valence-corrected chi connectivity index (χ1v) is 14.2. The third-order valence-electron chi connectivity index (χ3n) is 10.6. The number of ether oxygens (including phenoxy) is 4. The number of piperidine rings is 1. The first-order chi connectivity index (χ1) is 18.4. The molecule has 3 saturated heterocycles. The van der Waals surface area contributed by atoms with Gasteiger partial charge >= 0.3 is 0 Å². The molecule has 2 aromatic rings. The summed E-state index contributed by atoms with van der Waals surface area (Å²) in [6.45, 7) is 7.20. The second-order valence-corrected chi connectivity index (χ2v) is 12.5. The summed E-state index contributed by atoms with van der Waals surface area (Å²) in [4.78, 5) is 19.0. The molecule has 4 aliphatic heterocycles. The maximum absolute atomic E-state index is 14.3. The lowest BCUT2D eigenvalue weighted by molar-refractivity contribution is -0.259. The Bertz CT molecular complexity index is 1310. The van der Waals surface area contributed by atoms with Crippen LogP contribution in [0.4, 0.5) is 0 Å². The molecule has 1 spiro atoms. The zero-order valence-corrected chi connectivity index (χ0v) is 22.4. The number of hydrogen-bond acceptors (Lipinski definition) is 6. The van der Waals surface area contributed by atoms with Gasteiger partial charge in [-0.2, -0.15) is 0 Å². The first kappa shape index (κ1) is 23.3. The molecule has 6 aliphatic rings. The number of amides is 1. The minimum absolute atomic E-state index is 0.0654. The molecule has 1 amide bonds. The number of hydrogen-bond donors (Lipinski definition) is 0. The summed E-state index contributed by atoms with van der Waals surface area (Å²) in [6.07, 6.45) is 2.95. The van der Waals surface area contributed by atoms with Crippen LogP contribution in [-0.2, 0) is 32.6 Å². The van der Waals surface area contributed by atoms with Crippen molar-refractivity contribution >= 4 is 5.91 Å². The Labute approximate surface area is 224 Å². The molecule has 8 rings (SSSR count). The molecule has 5 unspecified atom stereocenters. The highest BCUT2D eigenvalue weighted by Gasteiger charge is 2.84. The molecule has 7 heteroatoms. The molecule has 6 atom stereocenters. The summed E-state index contributed by atoms with van der Waals surface area (Å²) in [6, 6.07) is 14.7. The Morgan fingerprint density at radius 3 is 2.74 bits per heavy atom. The van der Waals surface area contributed by atoms with Crippen molar-refractivity contribution in [2.45, 2.75) is 75.0 Å². The molecular formula is C31H36N2O5. The van der Waals surface area contributed by atoms with E-state index < -0.39 is 17.4 Å².